The van der Waals surface area contributed by atoms with E-state index in [9.17, 15) is 9.18 Å². The van der Waals surface area contributed by atoms with Gasteiger partial charge in [-0.15, -0.1) is 0 Å². The molecule has 4 nitrogen and oxygen atoms in total. The highest BCUT2D eigenvalue weighted by molar-refractivity contribution is 6.54. The molecule has 1 heterocycles. The van der Waals surface area contributed by atoms with E-state index in [1.807, 2.05) is 64.1 Å². The summed E-state index contributed by atoms with van der Waals surface area (Å²) in [6.07, 6.45) is 3.15. The van der Waals surface area contributed by atoms with Crippen LogP contribution in [0.3, 0.4) is 0 Å². The quantitative estimate of drug-likeness (QED) is 0.565. The zero-order chi connectivity index (χ0) is 19.7. The lowest BCUT2D eigenvalue weighted by atomic mass is 9.66. The summed E-state index contributed by atoms with van der Waals surface area (Å²) < 4.78 is 31.4. The molecule has 1 atom stereocenters. The molecular formula is C21H28BFO4. The van der Waals surface area contributed by atoms with Crippen molar-refractivity contribution in [3.63, 3.8) is 0 Å². The molecule has 3 rings (SSSR count). The first-order valence-electron chi connectivity index (χ1n) is 9.51. The van der Waals surface area contributed by atoms with E-state index in [-0.39, 0.29) is 6.61 Å². The predicted molar refractivity (Wildman–Crippen MR) is 103 cm³/mol. The standard InChI is InChI=1S/C21H28BFO4/c1-19(2)20(3,4)27-22(26-19)17-10-12-21(15-23,13-11-17)18(24)25-14-16-8-6-5-7-9-16/h5-10H,11-15H2,1-4H3/t21-/m1/s1. The summed E-state index contributed by atoms with van der Waals surface area (Å²) in [7, 11) is -0.437. The molecule has 0 amide bonds. The van der Waals surface area contributed by atoms with Gasteiger partial charge in [0.05, 0.1) is 16.6 Å². The number of halogens is 1. The third-order valence-corrected chi connectivity index (χ3v) is 6.10. The molecule has 0 spiro atoms. The molecule has 0 radical (unpaired) electrons. The predicted octanol–water partition coefficient (Wildman–Crippen LogP) is 4.43. The zero-order valence-electron chi connectivity index (χ0n) is 16.6. The molecule has 0 unspecified atom stereocenters. The van der Waals surface area contributed by atoms with Crippen LogP contribution in [-0.2, 0) is 25.4 Å². The summed E-state index contributed by atoms with van der Waals surface area (Å²) in [5.41, 5.74) is -0.0662. The Hall–Kier alpha value is -1.66. The van der Waals surface area contributed by atoms with Crippen LogP contribution in [0.1, 0.15) is 52.5 Å². The average molecular weight is 374 g/mol. The fraction of sp³-hybridized carbons (Fsp3) is 0.571. The molecule has 6 heteroatoms. The van der Waals surface area contributed by atoms with E-state index < -0.39 is 36.4 Å². The van der Waals surface area contributed by atoms with Gasteiger partial charge in [-0.05, 0) is 58.0 Å². The van der Waals surface area contributed by atoms with Crippen LogP contribution in [0.4, 0.5) is 4.39 Å². The highest BCUT2D eigenvalue weighted by Gasteiger charge is 2.53. The van der Waals surface area contributed by atoms with E-state index in [1.54, 1.807) is 0 Å². The highest BCUT2D eigenvalue weighted by atomic mass is 19.1. The van der Waals surface area contributed by atoms with Gasteiger partial charge in [-0.25, -0.2) is 4.39 Å². The van der Waals surface area contributed by atoms with Crippen LogP contribution in [-0.4, -0.2) is 31.0 Å². The maximum absolute atomic E-state index is 13.9. The Kier molecular flexibility index (Phi) is 5.51. The van der Waals surface area contributed by atoms with Gasteiger partial charge in [0.15, 0.2) is 0 Å². The summed E-state index contributed by atoms with van der Waals surface area (Å²) in [6.45, 7) is 7.45. The van der Waals surface area contributed by atoms with Crippen molar-refractivity contribution in [3.8, 4) is 0 Å². The number of esters is 1. The number of hydrogen-bond acceptors (Lipinski definition) is 4. The highest BCUT2D eigenvalue weighted by Crippen LogP contribution is 2.43. The van der Waals surface area contributed by atoms with Gasteiger partial charge in [-0.1, -0.05) is 36.4 Å². The van der Waals surface area contributed by atoms with Crippen molar-refractivity contribution < 1.29 is 23.2 Å². The molecule has 2 aliphatic rings. The minimum atomic E-state index is -1.11. The molecule has 0 bridgehead atoms. The van der Waals surface area contributed by atoms with Crippen LogP contribution < -0.4 is 0 Å². The summed E-state index contributed by atoms with van der Waals surface area (Å²) in [6, 6.07) is 9.43. The van der Waals surface area contributed by atoms with Crippen molar-refractivity contribution >= 4 is 13.1 Å². The van der Waals surface area contributed by atoms with E-state index >= 15 is 0 Å². The maximum atomic E-state index is 13.9. The SMILES string of the molecule is CC1(C)OB(C2=CC[C@@](CF)(C(=O)OCc3ccccc3)CC2)OC1(C)C. The largest absolute Gasteiger partial charge is 0.490 e. The van der Waals surface area contributed by atoms with E-state index in [2.05, 4.69) is 0 Å². The van der Waals surface area contributed by atoms with Crippen LogP contribution in [0.2, 0.25) is 0 Å². The Morgan fingerprint density at radius 2 is 1.78 bits per heavy atom. The van der Waals surface area contributed by atoms with Gasteiger partial charge in [-0.2, -0.15) is 0 Å². The molecule has 146 valence electrons. The Morgan fingerprint density at radius 1 is 1.15 bits per heavy atom. The van der Waals surface area contributed by atoms with Crippen LogP contribution >= 0.6 is 0 Å². The van der Waals surface area contributed by atoms with Gasteiger partial charge in [0.25, 0.3) is 0 Å². The van der Waals surface area contributed by atoms with E-state index in [1.165, 1.54) is 0 Å². The fourth-order valence-corrected chi connectivity index (χ4v) is 3.36. The first kappa shape index (κ1) is 20.1. The van der Waals surface area contributed by atoms with E-state index in [0.29, 0.717) is 19.3 Å². The maximum Gasteiger partial charge on any atom is 0.490 e. The van der Waals surface area contributed by atoms with Gasteiger partial charge in [-0.3, -0.25) is 4.79 Å². The van der Waals surface area contributed by atoms with Crippen molar-refractivity contribution in [3.05, 3.63) is 47.4 Å². The normalized spacial score (nSPS) is 26.6. The molecule has 1 aliphatic carbocycles. The smallest absolute Gasteiger partial charge is 0.460 e. The third kappa shape index (κ3) is 3.97. The zero-order valence-corrected chi connectivity index (χ0v) is 16.6. The lowest BCUT2D eigenvalue weighted by Gasteiger charge is -2.32. The third-order valence-electron chi connectivity index (χ3n) is 6.10. The van der Waals surface area contributed by atoms with Gasteiger partial charge in [0.2, 0.25) is 0 Å². The van der Waals surface area contributed by atoms with Crippen molar-refractivity contribution in [1.29, 1.82) is 0 Å². The van der Waals surface area contributed by atoms with Crippen molar-refractivity contribution in [2.45, 2.75) is 64.8 Å². The molecule has 0 aromatic heterocycles. The first-order chi connectivity index (χ1) is 12.7. The molecule has 0 N–H and O–H groups in total. The number of alkyl halides is 1. The average Bonchev–Trinajstić information content (AvgIpc) is 2.88. The second-order valence-electron chi connectivity index (χ2n) is 8.55. The van der Waals surface area contributed by atoms with Crippen molar-refractivity contribution in [2.24, 2.45) is 5.41 Å². The number of hydrogen-bond donors (Lipinski definition) is 0. The van der Waals surface area contributed by atoms with Crippen LogP contribution in [0.5, 0.6) is 0 Å². The minimum Gasteiger partial charge on any atom is -0.460 e. The molecule has 1 aromatic rings. The first-order valence-corrected chi connectivity index (χ1v) is 9.51. The molecule has 0 saturated carbocycles. The number of carbonyl (C=O) groups excluding carboxylic acids is 1. The van der Waals surface area contributed by atoms with Gasteiger partial charge < -0.3 is 14.0 Å². The Morgan fingerprint density at radius 3 is 2.30 bits per heavy atom. The Bertz CT molecular complexity index is 700. The monoisotopic (exact) mass is 374 g/mol. The summed E-state index contributed by atoms with van der Waals surface area (Å²) in [5.74, 6) is -0.474. The second-order valence-corrected chi connectivity index (χ2v) is 8.55. The number of allylic oxidation sites excluding steroid dienone is 2. The molecule has 27 heavy (non-hydrogen) atoms. The molecule has 1 aliphatic heterocycles. The molecule has 1 aromatic carbocycles. The van der Waals surface area contributed by atoms with Gasteiger partial charge in [0, 0.05) is 0 Å². The summed E-state index contributed by atoms with van der Waals surface area (Å²) in [5, 5.41) is 0. The van der Waals surface area contributed by atoms with E-state index in [0.717, 1.165) is 11.0 Å². The van der Waals surface area contributed by atoms with Crippen LogP contribution in [0, 0.1) is 5.41 Å². The summed E-state index contributed by atoms with van der Waals surface area (Å²) in [4.78, 5) is 12.6. The summed E-state index contributed by atoms with van der Waals surface area (Å²) >= 11 is 0. The minimum absolute atomic E-state index is 0.162. The van der Waals surface area contributed by atoms with Crippen LogP contribution in [0.25, 0.3) is 0 Å². The van der Waals surface area contributed by atoms with Gasteiger partial charge in [0.1, 0.15) is 13.3 Å². The molecular weight excluding hydrogens is 346 g/mol. The number of benzene rings is 1. The topological polar surface area (TPSA) is 44.8 Å². The second kappa shape index (κ2) is 7.40. The van der Waals surface area contributed by atoms with Crippen molar-refractivity contribution in [1.82, 2.24) is 0 Å². The van der Waals surface area contributed by atoms with Crippen LogP contribution in [0.15, 0.2) is 41.9 Å². The van der Waals surface area contributed by atoms with Gasteiger partial charge >= 0.3 is 13.1 Å². The number of rotatable bonds is 5. The Balaban J connectivity index is 1.65. The number of ether oxygens (including phenoxy) is 1. The van der Waals surface area contributed by atoms with E-state index in [4.69, 9.17) is 14.0 Å². The fourth-order valence-electron chi connectivity index (χ4n) is 3.36. The van der Waals surface area contributed by atoms with Crippen molar-refractivity contribution in [2.75, 3.05) is 6.67 Å². The lowest BCUT2D eigenvalue weighted by Crippen LogP contribution is -2.41. The lowest BCUT2D eigenvalue weighted by molar-refractivity contribution is -0.159. The molecule has 1 fully saturated rings. The molecule has 1 saturated heterocycles. The number of carbonyl (C=O) groups is 1. The Labute approximate surface area is 161 Å².